The molecule has 2 N–H and O–H groups in total. The zero-order valence-corrected chi connectivity index (χ0v) is 11.5. The van der Waals surface area contributed by atoms with Crippen LogP contribution in [0.1, 0.15) is 23.8 Å². The number of carboxylic acids is 1. The summed E-state index contributed by atoms with van der Waals surface area (Å²) in [6, 6.07) is 1.85. The summed E-state index contributed by atoms with van der Waals surface area (Å²) in [6.45, 7) is 3.38. The number of hydrogen-bond acceptors (Lipinski definition) is 4. The Kier molecular flexibility index (Phi) is 6.84. The van der Waals surface area contributed by atoms with Crippen LogP contribution in [-0.2, 0) is 20.9 Å². The number of thiophene rings is 1. The highest BCUT2D eigenvalue weighted by atomic mass is 32.1. The van der Waals surface area contributed by atoms with E-state index >= 15 is 0 Å². The molecule has 1 aromatic rings. The molecule has 0 saturated heterocycles. The van der Waals surface area contributed by atoms with Gasteiger partial charge in [0.05, 0.1) is 13.2 Å². The predicted octanol–water partition coefficient (Wildman–Crippen LogP) is 1.89. The molecular weight excluding hydrogens is 266 g/mol. The van der Waals surface area contributed by atoms with Crippen LogP contribution in [0.15, 0.2) is 17.5 Å². The van der Waals surface area contributed by atoms with Crippen molar-refractivity contribution in [2.45, 2.75) is 19.9 Å². The van der Waals surface area contributed by atoms with Crippen molar-refractivity contribution in [1.29, 1.82) is 0 Å². The Morgan fingerprint density at radius 1 is 1.53 bits per heavy atom. The number of carbonyl (C=O) groups is 2. The highest BCUT2D eigenvalue weighted by molar-refractivity contribution is 7.10. The van der Waals surface area contributed by atoms with E-state index in [4.69, 9.17) is 9.84 Å². The smallest absolute Gasteiger partial charge is 0.328 e. The number of nitrogens with one attached hydrogen (secondary N) is 1. The lowest BCUT2D eigenvalue weighted by molar-refractivity contribution is -0.131. The summed E-state index contributed by atoms with van der Waals surface area (Å²) < 4.78 is 5.09. The van der Waals surface area contributed by atoms with Crippen LogP contribution in [0, 0.1) is 0 Å². The molecule has 0 aliphatic carbocycles. The topological polar surface area (TPSA) is 75.6 Å². The van der Waals surface area contributed by atoms with Crippen LogP contribution in [0.2, 0.25) is 0 Å². The Bertz CT molecular complexity index is 453. The lowest BCUT2D eigenvalue weighted by Gasteiger charge is -2.03. The average molecular weight is 283 g/mol. The van der Waals surface area contributed by atoms with Crippen molar-refractivity contribution >= 4 is 29.3 Å². The van der Waals surface area contributed by atoms with Crippen molar-refractivity contribution in [3.63, 3.8) is 0 Å². The first kappa shape index (κ1) is 15.4. The fraction of sp³-hybridized carbons (Fsp3) is 0.385. The number of aliphatic carboxylic acids is 1. The first-order chi connectivity index (χ1) is 9.11. The van der Waals surface area contributed by atoms with E-state index < -0.39 is 5.97 Å². The molecule has 1 rings (SSSR count). The number of carboxylic acid groups (broad SMARTS) is 1. The summed E-state index contributed by atoms with van der Waals surface area (Å²) in [6.07, 6.45) is 2.97. The van der Waals surface area contributed by atoms with Gasteiger partial charge in [-0.3, -0.25) is 4.79 Å². The molecule has 0 saturated carbocycles. The van der Waals surface area contributed by atoms with Gasteiger partial charge in [0.25, 0.3) is 0 Å². The zero-order valence-electron chi connectivity index (χ0n) is 10.7. The third-order valence-electron chi connectivity index (χ3n) is 2.23. The van der Waals surface area contributed by atoms with Gasteiger partial charge in [0.1, 0.15) is 0 Å². The maximum Gasteiger partial charge on any atom is 0.328 e. The molecule has 104 valence electrons. The molecule has 0 radical (unpaired) electrons. The van der Waals surface area contributed by atoms with Crippen molar-refractivity contribution in [1.82, 2.24) is 5.32 Å². The molecule has 1 amide bonds. The van der Waals surface area contributed by atoms with Gasteiger partial charge in [-0.05, 0) is 30.0 Å². The summed E-state index contributed by atoms with van der Waals surface area (Å²) in [7, 11) is 0. The molecule has 0 spiro atoms. The van der Waals surface area contributed by atoms with Gasteiger partial charge in [0.2, 0.25) is 5.91 Å². The van der Waals surface area contributed by atoms with Crippen LogP contribution in [0.25, 0.3) is 6.08 Å². The number of amides is 1. The quantitative estimate of drug-likeness (QED) is 0.564. The van der Waals surface area contributed by atoms with Gasteiger partial charge in [-0.1, -0.05) is 0 Å². The summed E-state index contributed by atoms with van der Waals surface area (Å²) in [5.74, 6) is -1.03. The maximum absolute atomic E-state index is 11.4. The van der Waals surface area contributed by atoms with Gasteiger partial charge in [-0.15, -0.1) is 11.3 Å². The normalized spacial score (nSPS) is 10.8. The van der Waals surface area contributed by atoms with E-state index in [2.05, 4.69) is 5.32 Å². The average Bonchev–Trinajstić information content (AvgIpc) is 2.82. The van der Waals surface area contributed by atoms with Crippen LogP contribution in [0.4, 0.5) is 0 Å². The Labute approximate surface area is 115 Å². The lowest BCUT2D eigenvalue weighted by atomic mass is 10.3. The molecule has 0 bridgehead atoms. The predicted molar refractivity (Wildman–Crippen MR) is 73.9 cm³/mol. The van der Waals surface area contributed by atoms with Gasteiger partial charge in [0.15, 0.2) is 0 Å². The Balaban J connectivity index is 2.33. The fourth-order valence-corrected chi connectivity index (χ4v) is 2.12. The van der Waals surface area contributed by atoms with Crippen molar-refractivity contribution in [3.8, 4) is 0 Å². The first-order valence-corrected chi connectivity index (χ1v) is 6.82. The maximum atomic E-state index is 11.4. The van der Waals surface area contributed by atoms with E-state index in [0.29, 0.717) is 26.2 Å². The highest BCUT2D eigenvalue weighted by Gasteiger charge is 2.03. The molecule has 19 heavy (non-hydrogen) atoms. The minimum Gasteiger partial charge on any atom is -0.478 e. The highest BCUT2D eigenvalue weighted by Crippen LogP contribution is 2.15. The summed E-state index contributed by atoms with van der Waals surface area (Å²) in [5.41, 5.74) is 0.825. The third kappa shape index (κ3) is 6.73. The van der Waals surface area contributed by atoms with Crippen LogP contribution in [0.5, 0.6) is 0 Å². The van der Waals surface area contributed by atoms with E-state index in [1.807, 2.05) is 18.4 Å². The lowest BCUT2D eigenvalue weighted by Crippen LogP contribution is -2.23. The molecule has 5 nitrogen and oxygen atoms in total. The molecule has 6 heteroatoms. The van der Waals surface area contributed by atoms with Gasteiger partial charge < -0.3 is 15.2 Å². The standard InChI is InChI=1S/C13H17NO4S/c1-2-18-6-5-12(15)14-8-11-7-10(9-19-11)3-4-13(16)17/h3-4,7,9H,2,5-6,8H2,1H3,(H,14,15)(H,16,17). The Morgan fingerprint density at radius 3 is 3.00 bits per heavy atom. The van der Waals surface area contributed by atoms with Gasteiger partial charge in [0, 0.05) is 24.0 Å². The number of carbonyl (C=O) groups excluding carboxylic acids is 1. The molecule has 0 aromatic carbocycles. The van der Waals surface area contributed by atoms with Crippen molar-refractivity contribution < 1.29 is 19.4 Å². The van der Waals surface area contributed by atoms with E-state index in [0.717, 1.165) is 16.5 Å². The SMILES string of the molecule is CCOCCC(=O)NCc1cc(C=CC(=O)O)cs1. The monoisotopic (exact) mass is 283 g/mol. The molecule has 1 heterocycles. The van der Waals surface area contributed by atoms with E-state index in [-0.39, 0.29) is 5.91 Å². The minimum atomic E-state index is -0.975. The molecule has 0 unspecified atom stereocenters. The number of hydrogen-bond donors (Lipinski definition) is 2. The van der Waals surface area contributed by atoms with Gasteiger partial charge in [-0.25, -0.2) is 4.79 Å². The first-order valence-electron chi connectivity index (χ1n) is 5.94. The van der Waals surface area contributed by atoms with Crippen molar-refractivity contribution in [2.24, 2.45) is 0 Å². The molecule has 0 atom stereocenters. The molecule has 0 fully saturated rings. The Morgan fingerprint density at radius 2 is 2.32 bits per heavy atom. The molecular formula is C13H17NO4S. The number of ether oxygens (including phenoxy) is 1. The molecule has 0 aliphatic rings. The minimum absolute atomic E-state index is 0.0514. The Hall–Kier alpha value is -1.66. The third-order valence-corrected chi connectivity index (χ3v) is 3.18. The second kappa shape index (κ2) is 8.44. The summed E-state index contributed by atoms with van der Waals surface area (Å²) in [4.78, 5) is 22.8. The van der Waals surface area contributed by atoms with Crippen LogP contribution < -0.4 is 5.32 Å². The zero-order chi connectivity index (χ0) is 14.1. The van der Waals surface area contributed by atoms with Crippen molar-refractivity contribution in [2.75, 3.05) is 13.2 Å². The molecule has 1 aromatic heterocycles. The summed E-state index contributed by atoms with van der Waals surface area (Å²) in [5, 5.41) is 13.1. The second-order valence-corrected chi connectivity index (χ2v) is 4.74. The fourth-order valence-electron chi connectivity index (χ4n) is 1.33. The van der Waals surface area contributed by atoms with E-state index in [9.17, 15) is 9.59 Å². The van der Waals surface area contributed by atoms with Crippen molar-refractivity contribution in [3.05, 3.63) is 28.0 Å². The van der Waals surface area contributed by atoms with Crippen LogP contribution in [0.3, 0.4) is 0 Å². The van der Waals surface area contributed by atoms with E-state index in [1.165, 1.54) is 17.4 Å². The van der Waals surface area contributed by atoms with Crippen LogP contribution in [-0.4, -0.2) is 30.2 Å². The number of rotatable bonds is 8. The molecule has 0 aliphatic heterocycles. The largest absolute Gasteiger partial charge is 0.478 e. The van der Waals surface area contributed by atoms with E-state index in [1.54, 1.807) is 0 Å². The second-order valence-electron chi connectivity index (χ2n) is 3.74. The van der Waals surface area contributed by atoms with Gasteiger partial charge >= 0.3 is 5.97 Å². The summed E-state index contributed by atoms with van der Waals surface area (Å²) >= 11 is 1.48. The van der Waals surface area contributed by atoms with Crippen LogP contribution >= 0.6 is 11.3 Å². The van der Waals surface area contributed by atoms with Gasteiger partial charge in [-0.2, -0.15) is 0 Å².